The van der Waals surface area contributed by atoms with Gasteiger partial charge < -0.3 is 0 Å². The molecular weight excluding hydrogens is 196 g/mol. The van der Waals surface area contributed by atoms with Crippen LogP contribution in [0, 0.1) is 11.3 Å². The molecule has 0 spiro atoms. The van der Waals surface area contributed by atoms with Gasteiger partial charge in [-0.05, 0) is 56.4 Å². The predicted octanol–water partition coefficient (Wildman–Crippen LogP) is 4.05. The van der Waals surface area contributed by atoms with E-state index in [4.69, 9.17) is 0 Å². The number of hydrogen-bond donors (Lipinski definition) is 0. The van der Waals surface area contributed by atoms with Gasteiger partial charge in [0.15, 0.2) is 5.78 Å². The van der Waals surface area contributed by atoms with Crippen molar-refractivity contribution in [2.45, 2.75) is 52.9 Å². The summed E-state index contributed by atoms with van der Waals surface area (Å²) in [6, 6.07) is 0. The summed E-state index contributed by atoms with van der Waals surface area (Å²) in [6.07, 6.45) is 5.24. The Kier molecular flexibility index (Phi) is 2.81. The third kappa shape index (κ3) is 1.77. The van der Waals surface area contributed by atoms with Crippen molar-refractivity contribution >= 4 is 5.78 Å². The molecule has 1 nitrogen and oxygen atoms in total. The zero-order valence-electron chi connectivity index (χ0n) is 10.7. The Hall–Kier alpha value is -0.850. The molecule has 0 amide bonds. The van der Waals surface area contributed by atoms with Crippen molar-refractivity contribution in [3.05, 3.63) is 23.3 Å². The van der Waals surface area contributed by atoms with E-state index in [-0.39, 0.29) is 5.41 Å². The van der Waals surface area contributed by atoms with E-state index in [1.54, 1.807) is 0 Å². The highest BCUT2D eigenvalue weighted by atomic mass is 16.1. The Morgan fingerprint density at radius 1 is 1.44 bits per heavy atom. The van der Waals surface area contributed by atoms with Crippen LogP contribution in [-0.2, 0) is 4.79 Å². The first-order valence-electron chi connectivity index (χ1n) is 6.31. The van der Waals surface area contributed by atoms with Gasteiger partial charge in [0.2, 0.25) is 0 Å². The molecule has 0 aromatic carbocycles. The maximum Gasteiger partial charge on any atom is 0.159 e. The van der Waals surface area contributed by atoms with E-state index in [0.29, 0.717) is 11.7 Å². The molecule has 0 radical (unpaired) electrons. The van der Waals surface area contributed by atoms with Gasteiger partial charge in [-0.3, -0.25) is 4.79 Å². The van der Waals surface area contributed by atoms with E-state index in [1.807, 2.05) is 0 Å². The zero-order valence-corrected chi connectivity index (χ0v) is 10.7. The number of hydrogen-bond acceptors (Lipinski definition) is 1. The zero-order chi connectivity index (χ0) is 11.9. The van der Waals surface area contributed by atoms with Crippen molar-refractivity contribution < 1.29 is 4.79 Å². The highest BCUT2D eigenvalue weighted by Crippen LogP contribution is 2.52. The molecule has 2 rings (SSSR count). The number of ketones is 1. The molecule has 88 valence electrons. The SMILES string of the molecule is C=C1CCC[C@]2(C)CC(=O)C(=C(C)C)CC12. The van der Waals surface area contributed by atoms with E-state index in [1.165, 1.54) is 24.0 Å². The van der Waals surface area contributed by atoms with E-state index in [2.05, 4.69) is 27.4 Å². The van der Waals surface area contributed by atoms with Gasteiger partial charge in [-0.15, -0.1) is 0 Å². The van der Waals surface area contributed by atoms with E-state index < -0.39 is 0 Å². The van der Waals surface area contributed by atoms with Crippen LogP contribution in [0.2, 0.25) is 0 Å². The Bertz CT molecular complexity index is 371. The van der Waals surface area contributed by atoms with Gasteiger partial charge in [-0.2, -0.15) is 0 Å². The fraction of sp³-hybridized carbons (Fsp3) is 0.667. The second-order valence-corrected chi connectivity index (χ2v) is 6.00. The van der Waals surface area contributed by atoms with Crippen LogP contribution in [0.5, 0.6) is 0 Å². The summed E-state index contributed by atoms with van der Waals surface area (Å²) in [5.41, 5.74) is 3.85. The van der Waals surface area contributed by atoms with Gasteiger partial charge in [0.05, 0.1) is 0 Å². The normalized spacial score (nSPS) is 34.9. The molecule has 0 aromatic rings. The van der Waals surface area contributed by atoms with Gasteiger partial charge in [-0.1, -0.05) is 24.6 Å². The minimum Gasteiger partial charge on any atom is -0.295 e. The summed E-state index contributed by atoms with van der Waals surface area (Å²) in [5, 5.41) is 0. The van der Waals surface area contributed by atoms with E-state index in [0.717, 1.165) is 24.8 Å². The lowest BCUT2D eigenvalue weighted by molar-refractivity contribution is -0.120. The van der Waals surface area contributed by atoms with Gasteiger partial charge in [0.25, 0.3) is 0 Å². The topological polar surface area (TPSA) is 17.1 Å². The third-order valence-corrected chi connectivity index (χ3v) is 4.49. The summed E-state index contributed by atoms with van der Waals surface area (Å²) in [6.45, 7) is 10.6. The summed E-state index contributed by atoms with van der Waals surface area (Å²) in [5.74, 6) is 0.928. The molecule has 0 N–H and O–H groups in total. The average molecular weight is 218 g/mol. The highest BCUT2D eigenvalue weighted by Gasteiger charge is 2.44. The van der Waals surface area contributed by atoms with Crippen molar-refractivity contribution in [2.24, 2.45) is 11.3 Å². The van der Waals surface area contributed by atoms with E-state index >= 15 is 0 Å². The van der Waals surface area contributed by atoms with Gasteiger partial charge >= 0.3 is 0 Å². The third-order valence-electron chi connectivity index (χ3n) is 4.49. The lowest BCUT2D eigenvalue weighted by Gasteiger charge is -2.46. The van der Waals surface area contributed by atoms with Gasteiger partial charge in [0.1, 0.15) is 0 Å². The van der Waals surface area contributed by atoms with Crippen molar-refractivity contribution in [3.63, 3.8) is 0 Å². The molecular formula is C15H22O. The van der Waals surface area contributed by atoms with Crippen LogP contribution in [0.15, 0.2) is 23.3 Å². The van der Waals surface area contributed by atoms with Crippen molar-refractivity contribution in [1.82, 2.24) is 0 Å². The van der Waals surface area contributed by atoms with Crippen LogP contribution < -0.4 is 0 Å². The molecule has 2 aliphatic carbocycles. The van der Waals surface area contributed by atoms with Crippen LogP contribution >= 0.6 is 0 Å². The standard InChI is InChI=1S/C15H22O/c1-10(2)12-8-13-11(3)6-5-7-15(13,4)9-14(12)16/h13H,3,5-9H2,1-2,4H3/t13?,15-/m1/s1. The van der Waals surface area contributed by atoms with Crippen molar-refractivity contribution in [1.29, 1.82) is 0 Å². The van der Waals surface area contributed by atoms with Crippen molar-refractivity contribution in [2.75, 3.05) is 0 Å². The largest absolute Gasteiger partial charge is 0.295 e. The second-order valence-electron chi connectivity index (χ2n) is 6.00. The van der Waals surface area contributed by atoms with Crippen LogP contribution in [0.4, 0.5) is 0 Å². The predicted molar refractivity (Wildman–Crippen MR) is 67.2 cm³/mol. The lowest BCUT2D eigenvalue weighted by atomic mass is 9.57. The first kappa shape index (κ1) is 11.6. The monoisotopic (exact) mass is 218 g/mol. The smallest absolute Gasteiger partial charge is 0.159 e. The molecule has 16 heavy (non-hydrogen) atoms. The maximum absolute atomic E-state index is 12.1. The van der Waals surface area contributed by atoms with Crippen molar-refractivity contribution in [3.8, 4) is 0 Å². The number of allylic oxidation sites excluding steroid dienone is 3. The molecule has 0 aliphatic heterocycles. The molecule has 2 atom stereocenters. The highest BCUT2D eigenvalue weighted by molar-refractivity contribution is 5.97. The molecule has 1 unspecified atom stereocenters. The number of carbonyl (C=O) groups excluding carboxylic acids is 1. The minimum absolute atomic E-state index is 0.200. The Labute approximate surface area is 98.6 Å². The number of carbonyl (C=O) groups is 1. The molecule has 2 aliphatic rings. The average Bonchev–Trinajstić information content (AvgIpc) is 2.15. The summed E-state index contributed by atoms with van der Waals surface area (Å²) >= 11 is 0. The van der Waals surface area contributed by atoms with E-state index in [9.17, 15) is 4.79 Å². The summed E-state index contributed by atoms with van der Waals surface area (Å²) < 4.78 is 0. The molecule has 2 saturated carbocycles. The van der Waals surface area contributed by atoms with Crippen LogP contribution in [0.25, 0.3) is 0 Å². The molecule has 0 aromatic heterocycles. The van der Waals surface area contributed by atoms with Crippen LogP contribution in [0.1, 0.15) is 52.9 Å². The van der Waals surface area contributed by atoms with Gasteiger partial charge in [0, 0.05) is 6.42 Å². The minimum atomic E-state index is 0.200. The quantitative estimate of drug-likeness (QED) is 0.443. The van der Waals surface area contributed by atoms with Crippen LogP contribution in [0.3, 0.4) is 0 Å². The number of rotatable bonds is 0. The number of fused-ring (bicyclic) bond motifs is 1. The molecule has 0 heterocycles. The molecule has 2 fully saturated rings. The fourth-order valence-corrected chi connectivity index (χ4v) is 3.44. The molecule has 0 bridgehead atoms. The first-order chi connectivity index (χ1) is 7.44. The lowest BCUT2D eigenvalue weighted by Crippen LogP contribution is -2.39. The van der Waals surface area contributed by atoms with Gasteiger partial charge in [-0.25, -0.2) is 0 Å². The summed E-state index contributed by atoms with van der Waals surface area (Å²) in [4.78, 5) is 12.1. The first-order valence-corrected chi connectivity index (χ1v) is 6.31. The molecule has 0 saturated heterocycles. The fourth-order valence-electron chi connectivity index (χ4n) is 3.44. The Morgan fingerprint density at radius 2 is 2.12 bits per heavy atom. The second kappa shape index (κ2) is 3.87. The Balaban J connectivity index is 2.34. The number of Topliss-reactive ketones (excluding diaryl/α,β-unsaturated/α-hetero) is 1. The molecule has 1 heteroatoms. The van der Waals surface area contributed by atoms with Crippen LogP contribution in [-0.4, -0.2) is 5.78 Å². The maximum atomic E-state index is 12.1. The Morgan fingerprint density at radius 3 is 2.75 bits per heavy atom. The summed E-state index contributed by atoms with van der Waals surface area (Å²) in [7, 11) is 0.